The van der Waals surface area contributed by atoms with E-state index in [2.05, 4.69) is 16.3 Å². The van der Waals surface area contributed by atoms with Crippen LogP contribution < -0.4 is 10.2 Å². The van der Waals surface area contributed by atoms with Crippen molar-refractivity contribution in [3.63, 3.8) is 0 Å². The number of rotatable bonds is 6. The van der Waals surface area contributed by atoms with Crippen LogP contribution in [0.1, 0.15) is 18.4 Å². The van der Waals surface area contributed by atoms with Crippen LogP contribution in [0.4, 0.5) is 10.8 Å². The van der Waals surface area contributed by atoms with Gasteiger partial charge in [0.1, 0.15) is 0 Å². The molecule has 0 radical (unpaired) electrons. The van der Waals surface area contributed by atoms with E-state index in [-0.39, 0.29) is 18.0 Å². The van der Waals surface area contributed by atoms with Gasteiger partial charge < -0.3 is 10.2 Å². The Morgan fingerprint density at radius 1 is 1.17 bits per heavy atom. The van der Waals surface area contributed by atoms with E-state index >= 15 is 0 Å². The lowest BCUT2D eigenvalue weighted by Gasteiger charge is -2.31. The fourth-order valence-electron chi connectivity index (χ4n) is 3.57. The number of amides is 1. The van der Waals surface area contributed by atoms with Crippen LogP contribution in [-0.4, -0.2) is 35.4 Å². The van der Waals surface area contributed by atoms with Crippen molar-refractivity contribution in [2.75, 3.05) is 24.5 Å². The number of benzene rings is 2. The molecule has 0 spiro atoms. The molecule has 3 aromatic rings. The fraction of sp³-hybridized carbons (Fsp3) is 0.333. The second-order valence-corrected chi connectivity index (χ2v) is 8.31. The summed E-state index contributed by atoms with van der Waals surface area (Å²) in [7, 11) is 0. The van der Waals surface area contributed by atoms with Crippen molar-refractivity contribution < 1.29 is 9.72 Å². The van der Waals surface area contributed by atoms with Crippen molar-refractivity contribution in [1.29, 1.82) is 0 Å². The Morgan fingerprint density at radius 3 is 2.59 bits per heavy atom. The molecule has 29 heavy (non-hydrogen) atoms. The van der Waals surface area contributed by atoms with Crippen molar-refractivity contribution in [1.82, 2.24) is 10.3 Å². The zero-order valence-corrected chi connectivity index (χ0v) is 16.7. The standard InChI is InChI=1S/C21H22N4O3S/c26-20(13-15-5-7-17(8-6-15)25(27)28)22-14-16-9-11-24(12-10-16)21-23-18-3-1-2-4-19(18)29-21/h1-8,16H,9-14H2,(H,22,26). The molecule has 0 aliphatic carbocycles. The molecular formula is C21H22N4O3S. The van der Waals surface area contributed by atoms with Crippen LogP contribution in [0.15, 0.2) is 48.5 Å². The number of carbonyl (C=O) groups excluding carboxylic acids is 1. The van der Waals surface area contributed by atoms with Crippen LogP contribution in [0.5, 0.6) is 0 Å². The van der Waals surface area contributed by atoms with Gasteiger partial charge in [0.2, 0.25) is 5.91 Å². The summed E-state index contributed by atoms with van der Waals surface area (Å²) in [6, 6.07) is 14.3. The molecule has 0 saturated carbocycles. The number of aromatic nitrogens is 1. The van der Waals surface area contributed by atoms with Gasteiger partial charge in [0.25, 0.3) is 5.69 Å². The number of piperidine rings is 1. The average Bonchev–Trinajstić information content (AvgIpc) is 3.17. The smallest absolute Gasteiger partial charge is 0.269 e. The summed E-state index contributed by atoms with van der Waals surface area (Å²) in [4.78, 5) is 29.5. The van der Waals surface area contributed by atoms with Crippen LogP contribution in [0, 0.1) is 16.0 Å². The molecule has 8 heteroatoms. The molecule has 2 heterocycles. The molecule has 0 bridgehead atoms. The van der Waals surface area contributed by atoms with E-state index in [1.165, 1.54) is 16.8 Å². The first-order valence-electron chi connectivity index (χ1n) is 9.69. The number of anilines is 1. The first-order chi connectivity index (χ1) is 14.1. The molecule has 1 N–H and O–H groups in total. The predicted molar refractivity (Wildman–Crippen MR) is 114 cm³/mol. The Hall–Kier alpha value is -3.00. The number of nitro benzene ring substituents is 1. The summed E-state index contributed by atoms with van der Waals surface area (Å²) in [6.45, 7) is 2.56. The Labute approximate surface area is 172 Å². The van der Waals surface area contributed by atoms with Gasteiger partial charge in [-0.3, -0.25) is 14.9 Å². The highest BCUT2D eigenvalue weighted by molar-refractivity contribution is 7.22. The zero-order valence-electron chi connectivity index (χ0n) is 15.9. The first kappa shape index (κ1) is 19.3. The molecule has 7 nitrogen and oxygen atoms in total. The number of nitro groups is 1. The summed E-state index contributed by atoms with van der Waals surface area (Å²) in [5.41, 5.74) is 1.86. The maximum Gasteiger partial charge on any atom is 0.269 e. The minimum Gasteiger partial charge on any atom is -0.356 e. The van der Waals surface area contributed by atoms with E-state index in [1.54, 1.807) is 23.5 Å². The summed E-state index contributed by atoms with van der Waals surface area (Å²) in [5, 5.41) is 14.8. The molecule has 1 aliphatic rings. The van der Waals surface area contributed by atoms with E-state index in [1.807, 2.05) is 18.2 Å². The lowest BCUT2D eigenvalue weighted by molar-refractivity contribution is -0.384. The van der Waals surface area contributed by atoms with Gasteiger partial charge in [0.15, 0.2) is 5.13 Å². The fourth-order valence-corrected chi connectivity index (χ4v) is 4.58. The molecule has 1 aromatic heterocycles. The highest BCUT2D eigenvalue weighted by atomic mass is 32.1. The quantitative estimate of drug-likeness (QED) is 0.493. The highest BCUT2D eigenvalue weighted by Gasteiger charge is 2.22. The van der Waals surface area contributed by atoms with Gasteiger partial charge in [-0.15, -0.1) is 0 Å². The van der Waals surface area contributed by atoms with Crippen molar-refractivity contribution in [3.8, 4) is 0 Å². The van der Waals surface area contributed by atoms with Crippen LogP contribution in [0.3, 0.4) is 0 Å². The summed E-state index contributed by atoms with van der Waals surface area (Å²) >= 11 is 1.73. The number of nitrogens with zero attached hydrogens (tertiary/aromatic N) is 3. The SMILES string of the molecule is O=C(Cc1ccc([N+](=O)[O-])cc1)NCC1CCN(c2nc3ccccc3s2)CC1. The molecule has 0 unspecified atom stereocenters. The molecule has 2 aromatic carbocycles. The third-order valence-corrected chi connectivity index (χ3v) is 6.36. The molecule has 1 saturated heterocycles. The first-order valence-corrected chi connectivity index (χ1v) is 10.5. The molecule has 1 aliphatic heterocycles. The van der Waals surface area contributed by atoms with Gasteiger partial charge in [-0.1, -0.05) is 35.6 Å². The molecule has 150 valence electrons. The second-order valence-electron chi connectivity index (χ2n) is 7.30. The number of para-hydroxylation sites is 1. The lowest BCUT2D eigenvalue weighted by atomic mass is 9.97. The predicted octanol–water partition coefficient (Wildman–Crippen LogP) is 3.78. The molecular weight excluding hydrogens is 388 g/mol. The highest BCUT2D eigenvalue weighted by Crippen LogP contribution is 2.31. The lowest BCUT2D eigenvalue weighted by Crippen LogP contribution is -2.39. The van der Waals surface area contributed by atoms with Crippen molar-refractivity contribution in [2.45, 2.75) is 19.3 Å². The Morgan fingerprint density at radius 2 is 1.90 bits per heavy atom. The summed E-state index contributed by atoms with van der Waals surface area (Å²) in [6.07, 6.45) is 2.28. The van der Waals surface area contributed by atoms with Crippen LogP contribution in [-0.2, 0) is 11.2 Å². The van der Waals surface area contributed by atoms with Gasteiger partial charge in [-0.25, -0.2) is 4.98 Å². The number of thiazole rings is 1. The maximum atomic E-state index is 12.2. The number of hydrogen-bond donors (Lipinski definition) is 1. The largest absolute Gasteiger partial charge is 0.356 e. The number of fused-ring (bicyclic) bond motifs is 1. The van der Waals surface area contributed by atoms with Crippen molar-refractivity contribution in [3.05, 3.63) is 64.2 Å². The number of hydrogen-bond acceptors (Lipinski definition) is 6. The van der Waals surface area contributed by atoms with Crippen LogP contribution in [0.2, 0.25) is 0 Å². The van der Waals surface area contributed by atoms with E-state index in [9.17, 15) is 14.9 Å². The third-order valence-electron chi connectivity index (χ3n) is 5.27. The minimum absolute atomic E-state index is 0.0362. The summed E-state index contributed by atoms with van der Waals surface area (Å²) in [5.74, 6) is 0.411. The topological polar surface area (TPSA) is 88.4 Å². The van der Waals surface area contributed by atoms with Crippen molar-refractivity contribution >= 4 is 38.3 Å². The average molecular weight is 410 g/mol. The van der Waals surface area contributed by atoms with Crippen LogP contribution in [0.25, 0.3) is 10.2 Å². The van der Waals surface area contributed by atoms with Gasteiger partial charge in [0.05, 0.1) is 21.6 Å². The molecule has 1 amide bonds. The van der Waals surface area contributed by atoms with E-state index in [0.717, 1.165) is 42.1 Å². The third kappa shape index (κ3) is 4.71. The van der Waals surface area contributed by atoms with Crippen LogP contribution >= 0.6 is 11.3 Å². The second kappa shape index (κ2) is 8.57. The number of nitrogens with one attached hydrogen (secondary N) is 1. The zero-order chi connectivity index (χ0) is 20.2. The molecule has 1 fully saturated rings. The molecule has 4 rings (SSSR count). The maximum absolute atomic E-state index is 12.2. The van der Waals surface area contributed by atoms with Gasteiger partial charge in [0, 0.05) is 31.8 Å². The normalized spacial score (nSPS) is 14.8. The van der Waals surface area contributed by atoms with E-state index in [4.69, 9.17) is 4.98 Å². The van der Waals surface area contributed by atoms with Crippen molar-refractivity contribution in [2.24, 2.45) is 5.92 Å². The van der Waals surface area contributed by atoms with Gasteiger partial charge in [-0.2, -0.15) is 0 Å². The Bertz CT molecular complexity index is 977. The monoisotopic (exact) mass is 410 g/mol. The van der Waals surface area contributed by atoms with E-state index < -0.39 is 4.92 Å². The number of carbonyl (C=O) groups is 1. The minimum atomic E-state index is -0.440. The number of non-ortho nitro benzene ring substituents is 1. The Kier molecular flexibility index (Phi) is 5.71. The van der Waals surface area contributed by atoms with E-state index in [0.29, 0.717) is 12.5 Å². The van der Waals surface area contributed by atoms with Gasteiger partial charge in [-0.05, 0) is 36.5 Å². The Balaban J connectivity index is 1.23. The van der Waals surface area contributed by atoms with Gasteiger partial charge >= 0.3 is 0 Å². The molecule has 0 atom stereocenters. The summed E-state index contributed by atoms with van der Waals surface area (Å²) < 4.78 is 1.21.